The van der Waals surface area contributed by atoms with Crippen molar-refractivity contribution in [3.8, 4) is 0 Å². The van der Waals surface area contributed by atoms with Crippen LogP contribution in [0, 0.1) is 5.82 Å². The van der Waals surface area contributed by atoms with Crippen LogP contribution in [0.15, 0.2) is 26.1 Å². The second-order valence-corrected chi connectivity index (χ2v) is 8.81. The summed E-state index contributed by atoms with van der Waals surface area (Å²) >= 11 is 3.05. The van der Waals surface area contributed by atoms with Gasteiger partial charge in [-0.2, -0.15) is 13.2 Å². The molecule has 0 spiro atoms. The van der Waals surface area contributed by atoms with Gasteiger partial charge in [0.1, 0.15) is 38.1 Å². The van der Waals surface area contributed by atoms with E-state index >= 15 is 0 Å². The van der Waals surface area contributed by atoms with E-state index in [1.165, 1.54) is 13.0 Å². The average Bonchev–Trinajstić information content (AvgIpc) is 2.52. The van der Waals surface area contributed by atoms with E-state index in [4.69, 9.17) is 5.11 Å². The number of pyridine rings is 1. The minimum atomic E-state index is -4.82. The monoisotopic (exact) mass is 475 g/mol. The summed E-state index contributed by atoms with van der Waals surface area (Å²) in [4.78, 5) is 18.9. The van der Waals surface area contributed by atoms with Gasteiger partial charge in [-0.3, -0.25) is 5.32 Å². The molecule has 0 aromatic carbocycles. The van der Waals surface area contributed by atoms with Crippen LogP contribution in [0.3, 0.4) is 0 Å². The molecule has 1 aliphatic rings. The van der Waals surface area contributed by atoms with E-state index in [0.29, 0.717) is 0 Å². The van der Waals surface area contributed by atoms with Crippen molar-refractivity contribution in [3.05, 3.63) is 28.2 Å². The molecule has 2 atom stereocenters. The van der Waals surface area contributed by atoms with E-state index in [0.717, 1.165) is 13.1 Å². The van der Waals surface area contributed by atoms with Crippen molar-refractivity contribution in [2.75, 3.05) is 19.3 Å². The number of halogens is 5. The molecular weight excluding hydrogens is 462 g/mol. The molecule has 150 valence electrons. The number of nitrogens with zero attached hydrogens (tertiary/aromatic N) is 4. The molecule has 0 fully saturated rings. The van der Waals surface area contributed by atoms with Crippen LogP contribution in [0.2, 0.25) is 0 Å². The summed E-state index contributed by atoms with van der Waals surface area (Å²) in [5.74, 6) is -2.33. The molecule has 0 radical (unpaired) electrons. The van der Waals surface area contributed by atoms with Gasteiger partial charge in [0.05, 0.1) is 5.75 Å². The van der Waals surface area contributed by atoms with Crippen LogP contribution in [0.4, 0.5) is 22.4 Å². The molecule has 27 heavy (non-hydrogen) atoms. The summed E-state index contributed by atoms with van der Waals surface area (Å²) in [6.45, 7) is -0.475. The lowest BCUT2D eigenvalue weighted by molar-refractivity contribution is -0.131. The van der Waals surface area contributed by atoms with Crippen molar-refractivity contribution in [2.24, 2.45) is 9.36 Å². The van der Waals surface area contributed by atoms with Gasteiger partial charge in [0.2, 0.25) is 5.96 Å². The van der Waals surface area contributed by atoms with Crippen molar-refractivity contribution < 1.29 is 31.7 Å². The molecule has 1 aromatic heterocycles. The lowest BCUT2D eigenvalue weighted by Crippen LogP contribution is -2.57. The van der Waals surface area contributed by atoms with Crippen LogP contribution < -0.4 is 5.32 Å². The van der Waals surface area contributed by atoms with Crippen molar-refractivity contribution in [1.29, 1.82) is 0 Å². The Morgan fingerprint density at radius 2 is 2.15 bits per heavy atom. The van der Waals surface area contributed by atoms with Crippen LogP contribution >= 0.6 is 15.9 Å². The Hall–Kier alpha value is -1.96. The maximum Gasteiger partial charge on any atom is 0.411 e. The summed E-state index contributed by atoms with van der Waals surface area (Å²) in [5.41, 5.74) is -2.05. The highest BCUT2D eigenvalue weighted by Crippen LogP contribution is 2.35. The van der Waals surface area contributed by atoms with Crippen LogP contribution in [0.25, 0.3) is 0 Å². The molecule has 2 unspecified atom stereocenters. The number of alkyl halides is 3. The first-order chi connectivity index (χ1) is 12.3. The molecule has 0 saturated heterocycles. The summed E-state index contributed by atoms with van der Waals surface area (Å²) in [5, 5.41) is 10.6. The van der Waals surface area contributed by atoms with Gasteiger partial charge in [-0.15, -0.1) is 0 Å². The quantitative estimate of drug-likeness (QED) is 0.506. The highest BCUT2D eigenvalue weighted by atomic mass is 79.9. The number of aliphatic imine (C=N–C) groups is 1. The average molecular weight is 476 g/mol. The number of guanidine groups is 1. The third-order valence-electron chi connectivity index (χ3n) is 3.55. The van der Waals surface area contributed by atoms with Crippen molar-refractivity contribution >= 4 is 37.9 Å². The molecule has 2 rings (SSSR count). The zero-order valence-electron chi connectivity index (χ0n) is 13.9. The minimum Gasteiger partial charge on any atom is -0.465 e. The molecule has 8 nitrogen and oxygen atoms in total. The topological polar surface area (TPSA) is 107 Å². The molecule has 0 saturated carbocycles. The Balaban J connectivity index is 2.72. The van der Waals surface area contributed by atoms with Gasteiger partial charge < -0.3 is 5.11 Å². The fourth-order valence-corrected chi connectivity index (χ4v) is 4.94. The summed E-state index contributed by atoms with van der Waals surface area (Å²) in [6, 6.07) is 2.34. The van der Waals surface area contributed by atoms with E-state index in [9.17, 15) is 26.6 Å². The van der Waals surface area contributed by atoms with Gasteiger partial charge in [-0.1, -0.05) is 0 Å². The van der Waals surface area contributed by atoms with Crippen molar-refractivity contribution in [1.82, 2.24) is 14.6 Å². The van der Waals surface area contributed by atoms with Gasteiger partial charge in [-0.05, 0) is 35.0 Å². The van der Waals surface area contributed by atoms with E-state index in [1.54, 1.807) is 5.32 Å². The summed E-state index contributed by atoms with van der Waals surface area (Å²) in [6.07, 6.45) is -6.55. The van der Waals surface area contributed by atoms with Gasteiger partial charge in [0, 0.05) is 7.05 Å². The Morgan fingerprint density at radius 1 is 1.52 bits per heavy atom. The van der Waals surface area contributed by atoms with Crippen molar-refractivity contribution in [3.63, 3.8) is 0 Å². The molecule has 1 aliphatic heterocycles. The SMILES string of the molecule is CN=S1(=O)CC(C)(c2nc(Br)ccc2F)N=C(NC(=O)O)N1CC(F)(F)F. The largest absolute Gasteiger partial charge is 0.465 e. The lowest BCUT2D eigenvalue weighted by atomic mass is 10.00. The maximum atomic E-state index is 14.3. The fraction of sp³-hybridized carbons (Fsp3) is 0.462. The van der Waals surface area contributed by atoms with Crippen LogP contribution in [-0.2, 0) is 15.5 Å². The van der Waals surface area contributed by atoms with Crippen LogP contribution in [0.5, 0.6) is 0 Å². The Kier molecular flexibility index (Phi) is 5.71. The molecule has 2 N–H and O–H groups in total. The standard InChI is InChI=1S/C13H14BrF4N5O3S/c1-12(9-7(15)3-4-8(14)20-9)6-27(26,19-2)23(5-13(16,17)18)10(22-12)21-11(24)25/h3-4H,5-6H2,1-2H3,(H,21,22)(H,24,25). The van der Waals surface area contributed by atoms with E-state index in [2.05, 4.69) is 30.3 Å². The second-order valence-electron chi connectivity index (χ2n) is 5.69. The highest BCUT2D eigenvalue weighted by molar-refractivity contribution is 9.10. The summed E-state index contributed by atoms with van der Waals surface area (Å²) < 4.78 is 70.3. The highest BCUT2D eigenvalue weighted by Gasteiger charge is 2.47. The van der Waals surface area contributed by atoms with Crippen LogP contribution in [-0.4, -0.2) is 56.2 Å². The molecular formula is C13H14BrF4N5O3S. The molecule has 1 amide bonds. The Labute approximate surface area is 160 Å². The minimum absolute atomic E-state index is 0.209. The number of hydrogen-bond acceptors (Lipinski definition) is 5. The zero-order valence-corrected chi connectivity index (χ0v) is 16.3. The van der Waals surface area contributed by atoms with E-state index in [-0.39, 0.29) is 14.6 Å². The first-order valence-corrected chi connectivity index (χ1v) is 9.63. The predicted octanol–water partition coefficient (Wildman–Crippen LogP) is 2.71. The molecule has 2 heterocycles. The number of carboxylic acid groups (broad SMARTS) is 1. The zero-order chi connectivity index (χ0) is 20.6. The number of aromatic nitrogens is 1. The first kappa shape index (κ1) is 21.3. The number of hydrogen-bond donors (Lipinski definition) is 2. The first-order valence-electron chi connectivity index (χ1n) is 7.19. The molecule has 0 bridgehead atoms. The third kappa shape index (κ3) is 4.66. The number of nitrogens with one attached hydrogen (secondary N) is 1. The smallest absolute Gasteiger partial charge is 0.411 e. The molecule has 14 heteroatoms. The normalized spacial score (nSPS) is 25.7. The van der Waals surface area contributed by atoms with E-state index < -0.39 is 51.8 Å². The lowest BCUT2D eigenvalue weighted by Gasteiger charge is -2.39. The van der Waals surface area contributed by atoms with Crippen molar-refractivity contribution in [2.45, 2.75) is 18.6 Å². The van der Waals surface area contributed by atoms with E-state index in [1.807, 2.05) is 0 Å². The third-order valence-corrected chi connectivity index (χ3v) is 6.49. The Bertz CT molecular complexity index is 916. The molecule has 0 aliphatic carbocycles. The molecule has 1 aromatic rings. The van der Waals surface area contributed by atoms with Gasteiger partial charge >= 0.3 is 12.3 Å². The number of carbonyl (C=O) groups is 1. The van der Waals surface area contributed by atoms with Gasteiger partial charge in [0.25, 0.3) is 0 Å². The fourth-order valence-electron chi connectivity index (χ4n) is 2.51. The summed E-state index contributed by atoms with van der Waals surface area (Å²) in [7, 11) is -2.79. The second kappa shape index (κ2) is 7.22. The van der Waals surface area contributed by atoms with Gasteiger partial charge in [-0.25, -0.2) is 32.0 Å². The predicted molar refractivity (Wildman–Crippen MR) is 92.0 cm³/mol. The Morgan fingerprint density at radius 3 is 2.67 bits per heavy atom. The number of rotatable bonds is 2. The number of amides is 1. The maximum absolute atomic E-state index is 14.3. The van der Waals surface area contributed by atoms with Crippen LogP contribution in [0.1, 0.15) is 12.6 Å². The van der Waals surface area contributed by atoms with Gasteiger partial charge in [0.15, 0.2) is 0 Å².